The van der Waals surface area contributed by atoms with Crippen molar-refractivity contribution in [3.8, 4) is 0 Å². The lowest BCUT2D eigenvalue weighted by atomic mass is 9.87. The monoisotopic (exact) mass is 536 g/mol. The third kappa shape index (κ3) is 13.6. The van der Waals surface area contributed by atoms with Gasteiger partial charge in [-0.2, -0.15) is 0 Å². The first-order chi connectivity index (χ1) is 15.2. The Morgan fingerprint density at radius 1 is 0.735 bits per heavy atom. The molecule has 0 aliphatic carbocycles. The Labute approximate surface area is 196 Å². The van der Waals surface area contributed by atoms with Gasteiger partial charge < -0.3 is 40.4 Å². The predicted octanol–water partition coefficient (Wildman–Crippen LogP) is -1.44. The van der Waals surface area contributed by atoms with Crippen LogP contribution in [0.3, 0.4) is 0 Å². The lowest BCUT2D eigenvalue weighted by Gasteiger charge is -2.29. The summed E-state index contributed by atoms with van der Waals surface area (Å²) in [4.78, 5) is 70.9. The minimum absolute atomic E-state index is 0.141. The highest BCUT2D eigenvalue weighted by molar-refractivity contribution is 7.46. The molecule has 0 bridgehead atoms. The van der Waals surface area contributed by atoms with E-state index in [1.54, 1.807) is 0 Å². The molecule has 34 heavy (non-hydrogen) atoms. The van der Waals surface area contributed by atoms with Gasteiger partial charge in [-0.25, -0.2) is 9.13 Å². The molecule has 0 heterocycles. The van der Waals surface area contributed by atoms with Crippen molar-refractivity contribution < 1.29 is 62.3 Å². The molecule has 0 saturated heterocycles. The van der Waals surface area contributed by atoms with Crippen molar-refractivity contribution in [3.05, 3.63) is 0 Å². The number of phosphoric ester groups is 2. The van der Waals surface area contributed by atoms with E-state index >= 15 is 0 Å². The van der Waals surface area contributed by atoms with E-state index < -0.39 is 63.7 Å². The minimum Gasteiger partial charge on any atom is -0.383 e. The second-order valence-electron chi connectivity index (χ2n) is 8.93. The van der Waals surface area contributed by atoms with Crippen molar-refractivity contribution in [2.75, 3.05) is 26.3 Å². The number of Topliss-reactive ketones (excluding diaryl/α,β-unsaturated/α-hetero) is 1. The summed E-state index contributed by atoms with van der Waals surface area (Å²) in [5, 5.41) is 24.7. The van der Waals surface area contributed by atoms with Crippen molar-refractivity contribution in [3.63, 3.8) is 0 Å². The second kappa shape index (κ2) is 13.2. The van der Waals surface area contributed by atoms with Crippen molar-refractivity contribution >= 4 is 33.2 Å². The molecule has 8 N–H and O–H groups in total. The minimum atomic E-state index is -4.78. The predicted molar refractivity (Wildman–Crippen MR) is 116 cm³/mol. The third-order valence-electron chi connectivity index (χ3n) is 4.59. The molecule has 0 aliphatic rings. The maximum Gasteiger partial charge on any atom is 0.469 e. The van der Waals surface area contributed by atoms with Crippen molar-refractivity contribution in [1.82, 2.24) is 10.6 Å². The summed E-state index contributed by atoms with van der Waals surface area (Å²) in [5.41, 5.74) is -2.66. The number of aliphatic hydroxyl groups excluding tert-OH is 2. The van der Waals surface area contributed by atoms with Crippen LogP contribution in [0.15, 0.2) is 0 Å². The van der Waals surface area contributed by atoms with Crippen LogP contribution in [0.2, 0.25) is 0 Å². The summed E-state index contributed by atoms with van der Waals surface area (Å²) in [6, 6.07) is 0. The summed E-state index contributed by atoms with van der Waals surface area (Å²) in [6.45, 7) is 3.94. The lowest BCUT2D eigenvalue weighted by molar-refractivity contribution is -0.137. The SMILES string of the molecule is CC(C)(COP(=O)(O)O)C(O)C(=O)NCCC(=O)CCNC(=O)C(O)C(C)(C)COP(=O)(O)O. The molecule has 0 rings (SSSR count). The molecule has 0 aromatic carbocycles. The van der Waals surface area contributed by atoms with Gasteiger partial charge in [0.1, 0.15) is 18.0 Å². The first kappa shape index (κ1) is 32.8. The fraction of sp³-hybridized carbons (Fsp3) is 0.824. The van der Waals surface area contributed by atoms with Gasteiger partial charge in [0.15, 0.2) is 0 Å². The quantitative estimate of drug-likeness (QED) is 0.105. The van der Waals surface area contributed by atoms with Gasteiger partial charge in [-0.05, 0) is 0 Å². The molecule has 2 amide bonds. The largest absolute Gasteiger partial charge is 0.469 e. The zero-order valence-electron chi connectivity index (χ0n) is 19.3. The zero-order valence-corrected chi connectivity index (χ0v) is 21.1. The molecule has 0 fully saturated rings. The van der Waals surface area contributed by atoms with Gasteiger partial charge in [-0.15, -0.1) is 0 Å². The number of carbonyl (C=O) groups is 3. The van der Waals surface area contributed by atoms with E-state index in [-0.39, 0.29) is 31.7 Å². The maximum absolute atomic E-state index is 12.0. The topological polar surface area (TPSA) is 249 Å². The van der Waals surface area contributed by atoms with Crippen LogP contribution in [0.1, 0.15) is 40.5 Å². The van der Waals surface area contributed by atoms with Crippen LogP contribution in [0.25, 0.3) is 0 Å². The molecule has 15 nitrogen and oxygen atoms in total. The Morgan fingerprint density at radius 3 is 1.29 bits per heavy atom. The fourth-order valence-corrected chi connectivity index (χ4v) is 3.34. The average molecular weight is 536 g/mol. The van der Waals surface area contributed by atoms with Crippen molar-refractivity contribution in [1.29, 1.82) is 0 Å². The molecule has 0 aromatic heterocycles. The highest BCUT2D eigenvalue weighted by Gasteiger charge is 2.37. The Kier molecular flexibility index (Phi) is 12.7. The number of hydrogen-bond acceptors (Lipinski definition) is 9. The van der Waals surface area contributed by atoms with Gasteiger partial charge in [0, 0.05) is 36.8 Å². The van der Waals surface area contributed by atoms with Gasteiger partial charge in [-0.1, -0.05) is 27.7 Å². The molecular weight excluding hydrogens is 502 g/mol. The third-order valence-corrected chi connectivity index (χ3v) is 5.52. The molecular formula is C17H34N2O13P2. The fourth-order valence-electron chi connectivity index (χ4n) is 2.34. The van der Waals surface area contributed by atoms with Crippen LogP contribution in [0, 0.1) is 10.8 Å². The summed E-state index contributed by atoms with van der Waals surface area (Å²) in [6.07, 6.45) is -3.63. The first-order valence-corrected chi connectivity index (χ1v) is 13.1. The molecule has 0 spiro atoms. The van der Waals surface area contributed by atoms with Gasteiger partial charge in [-0.3, -0.25) is 23.4 Å². The maximum atomic E-state index is 12.0. The number of nitrogens with one attached hydrogen (secondary N) is 2. The zero-order chi connectivity index (χ0) is 27.0. The number of amides is 2. The highest BCUT2D eigenvalue weighted by Crippen LogP contribution is 2.39. The first-order valence-electron chi connectivity index (χ1n) is 10.0. The van der Waals surface area contributed by atoms with E-state index in [0.29, 0.717) is 0 Å². The summed E-state index contributed by atoms with van der Waals surface area (Å²) in [5.74, 6) is -2.11. The highest BCUT2D eigenvalue weighted by atomic mass is 31.2. The Hall–Kier alpha value is -1.25. The number of carbonyl (C=O) groups excluding carboxylic acids is 3. The normalized spacial score (nSPS) is 14.9. The standard InChI is InChI=1S/C17H34N2O13P2/c1-16(2,9-31-33(25,26)27)12(21)14(23)18-7-5-11(20)6-8-19-15(24)13(22)17(3,4)10-32-34(28,29)30/h12-13,21-22H,5-10H2,1-4H3,(H,18,23)(H,19,24)(H2,25,26,27)(H2,28,29,30). The number of rotatable bonds is 16. The molecule has 0 radical (unpaired) electrons. The molecule has 2 atom stereocenters. The number of ketones is 1. The summed E-state index contributed by atoms with van der Waals surface area (Å²) >= 11 is 0. The van der Waals surface area contributed by atoms with Gasteiger partial charge >= 0.3 is 15.6 Å². The number of hydrogen-bond donors (Lipinski definition) is 8. The second-order valence-corrected chi connectivity index (χ2v) is 11.4. The van der Waals surface area contributed by atoms with E-state index in [4.69, 9.17) is 19.6 Å². The molecule has 0 aliphatic heterocycles. The average Bonchev–Trinajstić information content (AvgIpc) is 2.68. The molecule has 17 heteroatoms. The van der Waals surface area contributed by atoms with E-state index in [9.17, 15) is 33.7 Å². The van der Waals surface area contributed by atoms with Gasteiger partial charge in [0.05, 0.1) is 13.2 Å². The van der Waals surface area contributed by atoms with Crippen molar-refractivity contribution in [2.45, 2.75) is 52.7 Å². The smallest absolute Gasteiger partial charge is 0.383 e. The number of aliphatic hydroxyl groups is 2. The van der Waals surface area contributed by atoms with E-state index in [2.05, 4.69) is 19.7 Å². The van der Waals surface area contributed by atoms with Gasteiger partial charge in [0.2, 0.25) is 11.8 Å². The van der Waals surface area contributed by atoms with Crippen LogP contribution in [-0.4, -0.2) is 85.9 Å². The van der Waals surface area contributed by atoms with E-state index in [1.807, 2.05) is 0 Å². The van der Waals surface area contributed by atoms with Gasteiger partial charge in [0.25, 0.3) is 0 Å². The van der Waals surface area contributed by atoms with E-state index in [0.717, 1.165) is 0 Å². The van der Waals surface area contributed by atoms with Crippen LogP contribution < -0.4 is 10.6 Å². The molecule has 200 valence electrons. The lowest BCUT2D eigenvalue weighted by Crippen LogP contribution is -2.46. The molecule has 0 aromatic rings. The molecule has 0 saturated carbocycles. The van der Waals surface area contributed by atoms with Crippen LogP contribution in [0.5, 0.6) is 0 Å². The van der Waals surface area contributed by atoms with Crippen LogP contribution >= 0.6 is 15.6 Å². The van der Waals surface area contributed by atoms with Crippen LogP contribution in [0.4, 0.5) is 0 Å². The Morgan fingerprint density at radius 2 is 1.03 bits per heavy atom. The Bertz CT molecular complexity index is 741. The van der Waals surface area contributed by atoms with E-state index in [1.165, 1.54) is 27.7 Å². The Balaban J connectivity index is 4.38. The number of phosphoric acid groups is 2. The summed E-state index contributed by atoms with van der Waals surface area (Å²) in [7, 11) is -9.56. The summed E-state index contributed by atoms with van der Waals surface area (Å²) < 4.78 is 30.2. The van der Waals surface area contributed by atoms with Crippen LogP contribution in [-0.2, 0) is 32.6 Å². The molecule has 2 unspecified atom stereocenters. The van der Waals surface area contributed by atoms with Crippen molar-refractivity contribution in [2.24, 2.45) is 10.8 Å².